The minimum atomic E-state index is -0.0942. The Morgan fingerprint density at radius 2 is 1.72 bits per heavy atom. The molecule has 0 aromatic heterocycles. The first-order chi connectivity index (χ1) is 13.6. The lowest BCUT2D eigenvalue weighted by Crippen LogP contribution is -2.42. The van der Waals surface area contributed by atoms with Gasteiger partial charge in [0.25, 0.3) is 5.91 Å². The number of guanidine groups is 1. The third-order valence-corrected chi connectivity index (χ3v) is 5.10. The predicted octanol–water partition coefficient (Wildman–Crippen LogP) is 2.33. The second-order valence-corrected chi connectivity index (χ2v) is 7.29. The molecule has 0 bridgehead atoms. The number of nitrogens with zero attached hydrogens (tertiary/aromatic N) is 2. The van der Waals surface area contributed by atoms with Crippen molar-refractivity contribution in [3.8, 4) is 5.75 Å². The number of methoxy groups -OCH3 is 1. The number of halogens is 1. The van der Waals surface area contributed by atoms with Gasteiger partial charge in [-0.1, -0.05) is 6.92 Å². The molecule has 1 aromatic rings. The number of piperidine rings is 1. The lowest BCUT2D eigenvalue weighted by Gasteiger charge is -2.30. The molecule has 0 unspecified atom stereocenters. The molecule has 1 aromatic carbocycles. The van der Waals surface area contributed by atoms with Crippen molar-refractivity contribution in [1.29, 1.82) is 0 Å². The van der Waals surface area contributed by atoms with Crippen LogP contribution in [0.2, 0.25) is 0 Å². The van der Waals surface area contributed by atoms with E-state index in [4.69, 9.17) is 4.74 Å². The third kappa shape index (κ3) is 9.66. The summed E-state index contributed by atoms with van der Waals surface area (Å²) in [4.78, 5) is 18.9. The number of carbonyl (C=O) groups is 1. The van der Waals surface area contributed by atoms with Crippen molar-refractivity contribution < 1.29 is 9.53 Å². The first-order valence-corrected chi connectivity index (χ1v) is 10.2. The summed E-state index contributed by atoms with van der Waals surface area (Å²) in [6, 6.07) is 7.07. The lowest BCUT2D eigenvalue weighted by atomic mass is 9.99. The molecule has 1 aliphatic heterocycles. The summed E-state index contributed by atoms with van der Waals surface area (Å²) in [6.45, 7) is 7.96. The maximum absolute atomic E-state index is 12.1. The number of aliphatic imine (C=N–C) groups is 1. The van der Waals surface area contributed by atoms with E-state index < -0.39 is 0 Å². The van der Waals surface area contributed by atoms with E-state index in [1.165, 1.54) is 25.9 Å². The highest BCUT2D eigenvalue weighted by Crippen LogP contribution is 2.15. The van der Waals surface area contributed by atoms with Crippen molar-refractivity contribution in [1.82, 2.24) is 20.9 Å². The Balaban J connectivity index is 0.00000420. The van der Waals surface area contributed by atoms with Crippen molar-refractivity contribution in [3.63, 3.8) is 0 Å². The number of likely N-dealkylation sites (tertiary alicyclic amines) is 1. The summed E-state index contributed by atoms with van der Waals surface area (Å²) in [7, 11) is 3.37. The zero-order chi connectivity index (χ0) is 20.2. The number of carbonyl (C=O) groups excluding carboxylic acids is 1. The van der Waals surface area contributed by atoms with Gasteiger partial charge >= 0.3 is 0 Å². The number of amides is 1. The van der Waals surface area contributed by atoms with Crippen LogP contribution in [0.4, 0.5) is 0 Å². The zero-order valence-corrected chi connectivity index (χ0v) is 20.2. The van der Waals surface area contributed by atoms with Gasteiger partial charge in [0.15, 0.2) is 5.96 Å². The summed E-state index contributed by atoms with van der Waals surface area (Å²) in [5.74, 6) is 2.29. The Morgan fingerprint density at radius 3 is 2.34 bits per heavy atom. The summed E-state index contributed by atoms with van der Waals surface area (Å²) in [5, 5.41) is 9.46. The highest BCUT2D eigenvalue weighted by molar-refractivity contribution is 14.0. The molecular weight excluding hydrogens is 481 g/mol. The minimum Gasteiger partial charge on any atom is -0.497 e. The van der Waals surface area contributed by atoms with E-state index in [1.807, 2.05) is 0 Å². The molecule has 29 heavy (non-hydrogen) atoms. The van der Waals surface area contributed by atoms with E-state index in [-0.39, 0.29) is 29.9 Å². The molecule has 8 heteroatoms. The Kier molecular flexibility index (Phi) is 12.7. The van der Waals surface area contributed by atoms with E-state index >= 15 is 0 Å². The molecule has 7 nitrogen and oxygen atoms in total. The molecule has 1 amide bonds. The summed E-state index contributed by atoms with van der Waals surface area (Å²) in [6.07, 6.45) is 3.74. The topological polar surface area (TPSA) is 78.0 Å². The normalized spacial score (nSPS) is 15.3. The quantitative estimate of drug-likeness (QED) is 0.203. The second kappa shape index (κ2) is 14.4. The van der Waals surface area contributed by atoms with Crippen LogP contribution < -0.4 is 20.7 Å². The highest BCUT2D eigenvalue weighted by Gasteiger charge is 2.14. The Morgan fingerprint density at radius 1 is 1.10 bits per heavy atom. The molecule has 3 N–H and O–H groups in total. The largest absolute Gasteiger partial charge is 0.497 e. The van der Waals surface area contributed by atoms with Crippen molar-refractivity contribution >= 4 is 35.8 Å². The third-order valence-electron chi connectivity index (χ3n) is 5.10. The molecule has 0 saturated carbocycles. The summed E-state index contributed by atoms with van der Waals surface area (Å²) < 4.78 is 5.10. The molecule has 164 valence electrons. The van der Waals surface area contributed by atoms with Gasteiger partial charge in [0, 0.05) is 32.2 Å². The number of benzene rings is 1. The standard InChI is InChI=1S/C21H35N5O2.HI/c1-17-9-15-26(16-10-17)14-4-11-24-21(22-2)25-13-12-23-20(27)18-5-7-19(28-3)8-6-18;/h5-8,17H,4,9-16H2,1-3H3,(H,23,27)(H2,22,24,25);1H. The fourth-order valence-electron chi connectivity index (χ4n) is 3.22. The fraction of sp³-hybridized carbons (Fsp3) is 0.619. The van der Waals surface area contributed by atoms with Crippen LogP contribution in [0.25, 0.3) is 0 Å². The van der Waals surface area contributed by atoms with E-state index in [2.05, 4.69) is 32.8 Å². The Bertz CT molecular complexity index is 616. The van der Waals surface area contributed by atoms with Gasteiger partial charge in [0.2, 0.25) is 0 Å². The fourth-order valence-corrected chi connectivity index (χ4v) is 3.22. The van der Waals surface area contributed by atoms with Gasteiger partial charge in [0.1, 0.15) is 5.75 Å². The second-order valence-electron chi connectivity index (χ2n) is 7.29. The molecule has 0 aliphatic carbocycles. The summed E-state index contributed by atoms with van der Waals surface area (Å²) >= 11 is 0. The molecule has 1 fully saturated rings. The molecule has 1 heterocycles. The van der Waals surface area contributed by atoms with Crippen LogP contribution >= 0.6 is 24.0 Å². The van der Waals surface area contributed by atoms with Crippen LogP contribution in [-0.2, 0) is 0 Å². The molecular formula is C21H36IN5O2. The molecule has 0 atom stereocenters. The maximum atomic E-state index is 12.1. The monoisotopic (exact) mass is 517 g/mol. The van der Waals surface area contributed by atoms with Crippen LogP contribution in [0.3, 0.4) is 0 Å². The van der Waals surface area contributed by atoms with Gasteiger partial charge in [-0.25, -0.2) is 0 Å². The maximum Gasteiger partial charge on any atom is 0.251 e. The van der Waals surface area contributed by atoms with Gasteiger partial charge in [-0.15, -0.1) is 24.0 Å². The van der Waals surface area contributed by atoms with E-state index in [0.717, 1.165) is 37.1 Å². The van der Waals surface area contributed by atoms with Crippen LogP contribution in [0.15, 0.2) is 29.3 Å². The van der Waals surface area contributed by atoms with Gasteiger partial charge < -0.3 is 25.6 Å². The smallest absolute Gasteiger partial charge is 0.251 e. The van der Waals surface area contributed by atoms with Gasteiger partial charge in [-0.05, 0) is 69.1 Å². The van der Waals surface area contributed by atoms with Crippen molar-refractivity contribution in [2.75, 3.05) is 53.4 Å². The average Bonchev–Trinajstić information content (AvgIpc) is 2.73. The minimum absolute atomic E-state index is 0. The average molecular weight is 517 g/mol. The van der Waals surface area contributed by atoms with Crippen LogP contribution in [0, 0.1) is 5.92 Å². The lowest BCUT2D eigenvalue weighted by molar-refractivity contribution is 0.0954. The van der Waals surface area contributed by atoms with Gasteiger partial charge in [-0.2, -0.15) is 0 Å². The number of nitrogens with one attached hydrogen (secondary N) is 3. The SMILES string of the molecule is CN=C(NCCCN1CCC(C)CC1)NCCNC(=O)c1ccc(OC)cc1.I. The molecule has 0 radical (unpaired) electrons. The first-order valence-electron chi connectivity index (χ1n) is 10.2. The Hall–Kier alpha value is -1.55. The van der Waals surface area contributed by atoms with Crippen LogP contribution in [-0.4, -0.2) is 70.2 Å². The highest BCUT2D eigenvalue weighted by atomic mass is 127. The van der Waals surface area contributed by atoms with E-state index in [9.17, 15) is 4.79 Å². The van der Waals surface area contributed by atoms with Crippen molar-refractivity contribution in [3.05, 3.63) is 29.8 Å². The predicted molar refractivity (Wildman–Crippen MR) is 130 cm³/mol. The molecule has 1 saturated heterocycles. The van der Waals surface area contributed by atoms with Crippen molar-refractivity contribution in [2.24, 2.45) is 10.9 Å². The Labute approximate surface area is 192 Å². The van der Waals surface area contributed by atoms with Crippen LogP contribution in [0.1, 0.15) is 36.5 Å². The zero-order valence-electron chi connectivity index (χ0n) is 17.9. The van der Waals surface area contributed by atoms with Gasteiger partial charge in [0.05, 0.1) is 7.11 Å². The van der Waals surface area contributed by atoms with E-state index in [1.54, 1.807) is 38.4 Å². The van der Waals surface area contributed by atoms with Crippen molar-refractivity contribution in [2.45, 2.75) is 26.2 Å². The first kappa shape index (κ1) is 25.5. The molecule has 0 spiro atoms. The molecule has 1 aliphatic rings. The number of ether oxygens (including phenoxy) is 1. The number of hydrogen-bond donors (Lipinski definition) is 3. The van der Waals surface area contributed by atoms with Crippen LogP contribution in [0.5, 0.6) is 5.75 Å². The van der Waals surface area contributed by atoms with Gasteiger partial charge in [-0.3, -0.25) is 9.79 Å². The van der Waals surface area contributed by atoms with E-state index in [0.29, 0.717) is 18.7 Å². The molecule has 2 rings (SSSR count). The summed E-state index contributed by atoms with van der Waals surface area (Å²) in [5.41, 5.74) is 0.621. The number of rotatable bonds is 9. The number of hydrogen-bond acceptors (Lipinski definition) is 4.